The van der Waals surface area contributed by atoms with E-state index in [0.29, 0.717) is 18.5 Å². The zero-order valence-corrected chi connectivity index (χ0v) is 17.6. The Labute approximate surface area is 179 Å². The number of amides is 1. The number of aliphatic hydroxyl groups excluding tert-OH is 1. The van der Waals surface area contributed by atoms with E-state index in [4.69, 9.17) is 0 Å². The smallest absolute Gasteiger partial charge is 0.295 e. The maximum absolute atomic E-state index is 13.1. The molecule has 0 aliphatic rings. The second-order valence-electron chi connectivity index (χ2n) is 7.41. The van der Waals surface area contributed by atoms with Gasteiger partial charge < -0.3 is 15.0 Å². The van der Waals surface area contributed by atoms with Crippen LogP contribution in [0.1, 0.15) is 17.9 Å². The normalized spacial score (nSPS) is 11.2. The number of anilines is 1. The molecule has 0 unspecified atom stereocenters. The van der Waals surface area contributed by atoms with Crippen molar-refractivity contribution < 1.29 is 9.90 Å². The first-order valence-electron chi connectivity index (χ1n) is 10.2. The number of fused-ring (bicyclic) bond motifs is 1. The molecule has 160 valence electrons. The Bertz CT molecular complexity index is 1280. The molecule has 1 amide bonds. The summed E-state index contributed by atoms with van der Waals surface area (Å²) in [5.41, 5.74) is 3.01. The third-order valence-corrected chi connectivity index (χ3v) is 5.41. The van der Waals surface area contributed by atoms with Crippen molar-refractivity contribution in [2.24, 2.45) is 7.05 Å². The van der Waals surface area contributed by atoms with Crippen LogP contribution in [0.4, 0.5) is 5.69 Å². The van der Waals surface area contributed by atoms with Gasteiger partial charge in [0, 0.05) is 20.1 Å². The molecule has 0 saturated heterocycles. The minimum atomic E-state index is -0.306. The quantitative estimate of drug-likeness (QED) is 0.481. The third-order valence-electron chi connectivity index (χ3n) is 5.41. The van der Waals surface area contributed by atoms with Crippen LogP contribution in [0, 0.1) is 6.92 Å². The lowest BCUT2D eigenvalue weighted by Gasteiger charge is -2.09. The van der Waals surface area contributed by atoms with Crippen LogP contribution >= 0.6 is 0 Å². The van der Waals surface area contributed by atoms with E-state index in [9.17, 15) is 14.7 Å². The molecule has 31 heavy (non-hydrogen) atoms. The summed E-state index contributed by atoms with van der Waals surface area (Å²) in [6.45, 7) is 1.88. The maximum atomic E-state index is 13.1. The van der Waals surface area contributed by atoms with Gasteiger partial charge in [-0.15, -0.1) is 0 Å². The minimum absolute atomic E-state index is 0.0282. The van der Waals surface area contributed by atoms with Crippen LogP contribution in [-0.2, 0) is 24.8 Å². The number of aryl methyl sites for hydroxylation is 1. The number of nitrogens with zero attached hydrogens (tertiary/aromatic N) is 4. The second-order valence-corrected chi connectivity index (χ2v) is 7.41. The van der Waals surface area contributed by atoms with Gasteiger partial charge in [0.05, 0.1) is 22.4 Å². The Morgan fingerprint density at radius 3 is 2.55 bits per heavy atom. The largest absolute Gasteiger partial charge is 0.396 e. The number of aliphatic hydroxyl groups is 1. The molecule has 2 heterocycles. The highest BCUT2D eigenvalue weighted by Crippen LogP contribution is 2.18. The number of carbonyl (C=O) groups is 1. The average molecular weight is 419 g/mol. The van der Waals surface area contributed by atoms with Crippen molar-refractivity contribution in [3.05, 3.63) is 76.5 Å². The van der Waals surface area contributed by atoms with Crippen molar-refractivity contribution in [2.45, 2.75) is 26.3 Å². The molecule has 2 aromatic heterocycles. The molecular weight excluding hydrogens is 394 g/mol. The first kappa shape index (κ1) is 20.6. The number of nitrogens with one attached hydrogen (secondary N) is 1. The van der Waals surface area contributed by atoms with Crippen LogP contribution in [0.25, 0.3) is 16.7 Å². The van der Waals surface area contributed by atoms with Crippen molar-refractivity contribution in [2.75, 3.05) is 11.9 Å². The summed E-state index contributed by atoms with van der Waals surface area (Å²) < 4.78 is 5.10. The Balaban J connectivity index is 1.64. The van der Waals surface area contributed by atoms with Crippen LogP contribution in [0.3, 0.4) is 0 Å². The van der Waals surface area contributed by atoms with Gasteiger partial charge >= 0.3 is 0 Å². The predicted molar refractivity (Wildman–Crippen MR) is 120 cm³/mol. The molecule has 4 aromatic rings. The summed E-state index contributed by atoms with van der Waals surface area (Å²) in [5.74, 6) is 0.427. The Morgan fingerprint density at radius 1 is 1.10 bits per heavy atom. The van der Waals surface area contributed by atoms with Crippen LogP contribution in [-0.4, -0.2) is 36.5 Å². The fourth-order valence-corrected chi connectivity index (χ4v) is 3.76. The molecule has 0 atom stereocenters. The molecule has 8 heteroatoms. The number of hydrogen-bond acceptors (Lipinski definition) is 4. The van der Waals surface area contributed by atoms with Gasteiger partial charge in [-0.25, -0.2) is 9.67 Å². The van der Waals surface area contributed by atoms with Crippen LogP contribution in [0.5, 0.6) is 0 Å². The van der Waals surface area contributed by atoms with E-state index in [1.54, 1.807) is 18.7 Å². The van der Waals surface area contributed by atoms with E-state index in [-0.39, 0.29) is 30.3 Å². The number of aromatic nitrogens is 4. The molecule has 0 saturated carbocycles. The van der Waals surface area contributed by atoms with Crippen LogP contribution in [0.2, 0.25) is 0 Å². The third kappa shape index (κ3) is 3.89. The minimum Gasteiger partial charge on any atom is -0.396 e. The topological polar surface area (TPSA) is 94.1 Å². The summed E-state index contributed by atoms with van der Waals surface area (Å²) in [5, 5.41) is 12.0. The molecule has 0 bridgehead atoms. The van der Waals surface area contributed by atoms with Gasteiger partial charge in [0.1, 0.15) is 18.1 Å². The number of benzene rings is 2. The highest BCUT2D eigenvalue weighted by Gasteiger charge is 2.19. The summed E-state index contributed by atoms with van der Waals surface area (Å²) in [6, 6.07) is 16.9. The van der Waals surface area contributed by atoms with Gasteiger partial charge in [-0.2, -0.15) is 0 Å². The van der Waals surface area contributed by atoms with Crippen LogP contribution in [0.15, 0.2) is 59.4 Å². The Kier molecular flexibility index (Phi) is 5.73. The standard InChI is InChI=1S/C23H25N5O3/c1-16-22(23(31)28(26(16)2)17-9-4-3-5-10-17)25-21(30)15-27-19-12-7-6-11-18(19)24-20(27)13-8-14-29/h3-7,9-12,29H,8,13-15H2,1-2H3,(H,25,30). The van der Waals surface area contributed by atoms with Gasteiger partial charge in [-0.1, -0.05) is 30.3 Å². The van der Waals surface area contributed by atoms with E-state index in [1.165, 1.54) is 4.68 Å². The SMILES string of the molecule is Cc1c(NC(=O)Cn2c(CCCO)nc3ccccc32)c(=O)n(-c2ccccc2)n1C. The van der Waals surface area contributed by atoms with Crippen molar-refractivity contribution in [1.29, 1.82) is 0 Å². The monoisotopic (exact) mass is 419 g/mol. The van der Waals surface area contributed by atoms with Gasteiger partial charge in [-0.05, 0) is 37.6 Å². The molecule has 8 nitrogen and oxygen atoms in total. The van der Waals surface area contributed by atoms with Crippen molar-refractivity contribution >= 4 is 22.6 Å². The predicted octanol–water partition coefficient (Wildman–Crippen LogP) is 2.40. The fraction of sp³-hybridized carbons (Fsp3) is 0.261. The zero-order chi connectivity index (χ0) is 22.0. The van der Waals surface area contributed by atoms with Gasteiger partial charge in [-0.3, -0.25) is 14.3 Å². The number of rotatable bonds is 7. The summed E-state index contributed by atoms with van der Waals surface area (Å²) in [7, 11) is 1.79. The first-order valence-corrected chi connectivity index (χ1v) is 10.2. The van der Waals surface area contributed by atoms with E-state index in [2.05, 4.69) is 10.3 Å². The van der Waals surface area contributed by atoms with Crippen molar-refractivity contribution in [1.82, 2.24) is 18.9 Å². The Hall–Kier alpha value is -3.65. The van der Waals surface area contributed by atoms with Crippen LogP contribution < -0.4 is 10.9 Å². The molecule has 0 fully saturated rings. The lowest BCUT2D eigenvalue weighted by atomic mass is 10.3. The molecule has 0 spiro atoms. The summed E-state index contributed by atoms with van der Waals surface area (Å²) >= 11 is 0. The molecule has 0 aliphatic carbocycles. The van der Waals surface area contributed by atoms with Crippen molar-refractivity contribution in [3.8, 4) is 5.69 Å². The number of imidazole rings is 1. The highest BCUT2D eigenvalue weighted by atomic mass is 16.3. The molecule has 2 aromatic carbocycles. The first-order chi connectivity index (χ1) is 15.0. The Morgan fingerprint density at radius 2 is 1.81 bits per heavy atom. The van der Waals surface area contributed by atoms with E-state index >= 15 is 0 Å². The average Bonchev–Trinajstić information content (AvgIpc) is 3.22. The van der Waals surface area contributed by atoms with Crippen molar-refractivity contribution in [3.63, 3.8) is 0 Å². The molecular formula is C23H25N5O3. The lowest BCUT2D eigenvalue weighted by Crippen LogP contribution is -2.25. The summed E-state index contributed by atoms with van der Waals surface area (Å²) in [6.07, 6.45) is 1.12. The maximum Gasteiger partial charge on any atom is 0.295 e. The van der Waals surface area contributed by atoms with E-state index in [0.717, 1.165) is 22.5 Å². The second kappa shape index (κ2) is 8.61. The fourth-order valence-electron chi connectivity index (χ4n) is 3.76. The number of para-hydroxylation sites is 3. The van der Waals surface area contributed by atoms with E-state index in [1.807, 2.05) is 59.2 Å². The number of carbonyl (C=O) groups excluding carboxylic acids is 1. The molecule has 0 radical (unpaired) electrons. The number of hydrogen-bond donors (Lipinski definition) is 2. The van der Waals surface area contributed by atoms with E-state index < -0.39 is 0 Å². The van der Waals surface area contributed by atoms with Gasteiger partial charge in [0.2, 0.25) is 5.91 Å². The summed E-state index contributed by atoms with van der Waals surface area (Å²) in [4.78, 5) is 30.6. The van der Waals surface area contributed by atoms with Gasteiger partial charge in [0.15, 0.2) is 0 Å². The zero-order valence-electron chi connectivity index (χ0n) is 17.6. The molecule has 2 N–H and O–H groups in total. The van der Waals surface area contributed by atoms with Gasteiger partial charge in [0.25, 0.3) is 5.56 Å². The molecule has 4 rings (SSSR count). The molecule has 0 aliphatic heterocycles. The lowest BCUT2D eigenvalue weighted by molar-refractivity contribution is -0.116. The highest BCUT2D eigenvalue weighted by molar-refractivity contribution is 5.92.